The fourth-order valence-corrected chi connectivity index (χ4v) is 3.91. The van der Waals surface area contributed by atoms with Crippen molar-refractivity contribution < 1.29 is 5.11 Å². The molecular weight excluding hydrogens is 268 g/mol. The van der Waals surface area contributed by atoms with Crippen molar-refractivity contribution in [3.63, 3.8) is 0 Å². The maximum Gasteiger partial charge on any atom is 0.107 e. The monoisotopic (exact) mass is 296 g/mol. The van der Waals surface area contributed by atoms with E-state index in [1.807, 2.05) is 0 Å². The highest BCUT2D eigenvalue weighted by atomic mass is 32.1. The minimum Gasteiger partial charge on any atom is -0.395 e. The molecule has 114 valence electrons. The summed E-state index contributed by atoms with van der Waals surface area (Å²) in [6, 6.07) is 0.637. The lowest BCUT2D eigenvalue weighted by molar-refractivity contribution is 0.117. The van der Waals surface area contributed by atoms with Crippen molar-refractivity contribution in [3.05, 3.63) is 16.1 Å². The van der Waals surface area contributed by atoms with Crippen LogP contribution in [0.25, 0.3) is 0 Å². The summed E-state index contributed by atoms with van der Waals surface area (Å²) in [5.74, 6) is 0. The topological polar surface area (TPSA) is 36.4 Å². The van der Waals surface area contributed by atoms with Gasteiger partial charge in [0.25, 0.3) is 0 Å². The van der Waals surface area contributed by atoms with Crippen LogP contribution in [-0.2, 0) is 12.0 Å². The van der Waals surface area contributed by atoms with E-state index in [4.69, 9.17) is 4.98 Å². The van der Waals surface area contributed by atoms with E-state index in [0.717, 1.165) is 13.1 Å². The Bertz CT molecular complexity index is 405. The van der Waals surface area contributed by atoms with Crippen LogP contribution in [0.2, 0.25) is 0 Å². The average Bonchev–Trinajstić information content (AvgIpc) is 2.88. The molecular formula is C16H28N2OS. The first-order chi connectivity index (χ1) is 9.50. The molecule has 1 heterocycles. The van der Waals surface area contributed by atoms with E-state index in [1.54, 1.807) is 11.3 Å². The van der Waals surface area contributed by atoms with Gasteiger partial charge in [-0.2, -0.15) is 0 Å². The van der Waals surface area contributed by atoms with Crippen LogP contribution >= 0.6 is 11.3 Å². The first-order valence-electron chi connectivity index (χ1n) is 7.80. The molecule has 0 atom stereocenters. The summed E-state index contributed by atoms with van der Waals surface area (Å²) in [6.45, 7) is 8.53. The lowest BCUT2D eigenvalue weighted by Gasteiger charge is -2.33. The van der Waals surface area contributed by atoms with E-state index in [-0.39, 0.29) is 12.0 Å². The largest absolute Gasteiger partial charge is 0.395 e. The molecule has 0 bridgehead atoms. The third kappa shape index (κ3) is 4.27. The molecule has 0 aromatic carbocycles. The van der Waals surface area contributed by atoms with Crippen LogP contribution in [0.5, 0.6) is 0 Å². The number of hydrogen-bond acceptors (Lipinski definition) is 4. The maximum atomic E-state index is 9.32. The first-order valence-corrected chi connectivity index (χ1v) is 8.68. The average molecular weight is 296 g/mol. The Morgan fingerprint density at radius 1 is 1.30 bits per heavy atom. The van der Waals surface area contributed by atoms with Crippen molar-refractivity contribution in [1.82, 2.24) is 9.88 Å². The zero-order valence-electron chi connectivity index (χ0n) is 13.1. The van der Waals surface area contributed by atoms with Gasteiger partial charge in [-0.3, -0.25) is 4.90 Å². The van der Waals surface area contributed by atoms with E-state index < -0.39 is 0 Å². The fraction of sp³-hybridized carbons (Fsp3) is 0.812. The van der Waals surface area contributed by atoms with Crippen LogP contribution in [-0.4, -0.2) is 34.2 Å². The van der Waals surface area contributed by atoms with Crippen LogP contribution in [0.3, 0.4) is 0 Å². The van der Waals surface area contributed by atoms with Crippen molar-refractivity contribution >= 4 is 11.3 Å². The Balaban J connectivity index is 2.01. The quantitative estimate of drug-likeness (QED) is 0.902. The normalized spacial score (nSPS) is 17.9. The number of thiazole rings is 1. The third-order valence-corrected chi connectivity index (χ3v) is 4.97. The second kappa shape index (κ2) is 7.01. The van der Waals surface area contributed by atoms with Crippen LogP contribution in [0.4, 0.5) is 0 Å². The number of aromatic nitrogens is 1. The highest BCUT2D eigenvalue weighted by Crippen LogP contribution is 2.27. The van der Waals surface area contributed by atoms with Crippen molar-refractivity contribution in [2.75, 3.05) is 13.2 Å². The number of nitrogens with zero attached hydrogens (tertiary/aromatic N) is 2. The molecule has 0 aliphatic heterocycles. The molecule has 20 heavy (non-hydrogen) atoms. The lowest BCUT2D eigenvalue weighted by atomic mass is 9.93. The number of rotatable bonds is 5. The molecule has 1 aliphatic carbocycles. The molecule has 0 unspecified atom stereocenters. The Labute approximate surface area is 127 Å². The second-order valence-corrected chi connectivity index (χ2v) is 7.81. The van der Waals surface area contributed by atoms with Gasteiger partial charge in [0, 0.05) is 23.4 Å². The Kier molecular flexibility index (Phi) is 5.58. The molecule has 1 aromatic heterocycles. The van der Waals surface area contributed by atoms with E-state index in [9.17, 15) is 5.11 Å². The van der Waals surface area contributed by atoms with Crippen LogP contribution < -0.4 is 0 Å². The van der Waals surface area contributed by atoms with E-state index >= 15 is 0 Å². The Morgan fingerprint density at radius 3 is 2.55 bits per heavy atom. The number of aliphatic hydroxyl groups excluding tert-OH is 1. The van der Waals surface area contributed by atoms with Crippen molar-refractivity contribution in [2.45, 2.75) is 70.9 Å². The zero-order chi connectivity index (χ0) is 14.6. The molecule has 1 N–H and O–H groups in total. The van der Waals surface area contributed by atoms with Gasteiger partial charge in [0.05, 0.1) is 18.8 Å². The standard InChI is InChI=1S/C16H28N2OS/c1-16(2,3)14-12-20-15(17-14)11-18(9-10-19)13-7-5-4-6-8-13/h12-13,19H,4-11H2,1-3H3. The molecule has 0 amide bonds. The van der Waals surface area contributed by atoms with E-state index in [0.29, 0.717) is 6.04 Å². The second-order valence-electron chi connectivity index (χ2n) is 6.86. The first kappa shape index (κ1) is 15.9. The minimum absolute atomic E-state index is 0.126. The van der Waals surface area contributed by atoms with Crippen LogP contribution in [0.15, 0.2) is 5.38 Å². The summed E-state index contributed by atoms with van der Waals surface area (Å²) < 4.78 is 0. The zero-order valence-corrected chi connectivity index (χ0v) is 13.9. The SMILES string of the molecule is CC(C)(C)c1csc(CN(CCO)C2CCCCC2)n1. The Hall–Kier alpha value is -0.450. The van der Waals surface area contributed by atoms with Gasteiger partial charge in [-0.1, -0.05) is 40.0 Å². The molecule has 2 rings (SSSR count). The Morgan fingerprint density at radius 2 is 2.00 bits per heavy atom. The van der Waals surface area contributed by atoms with Gasteiger partial charge in [0.1, 0.15) is 5.01 Å². The molecule has 0 radical (unpaired) electrons. The van der Waals surface area contributed by atoms with Gasteiger partial charge < -0.3 is 5.11 Å². The molecule has 0 saturated heterocycles. The molecule has 1 aliphatic rings. The van der Waals surface area contributed by atoms with Crippen LogP contribution in [0, 0.1) is 0 Å². The minimum atomic E-state index is 0.126. The molecule has 1 fully saturated rings. The number of aliphatic hydroxyl groups is 1. The molecule has 1 aromatic rings. The van der Waals surface area contributed by atoms with Crippen molar-refractivity contribution in [1.29, 1.82) is 0 Å². The summed E-state index contributed by atoms with van der Waals surface area (Å²) in [6.07, 6.45) is 6.58. The molecule has 0 spiro atoms. The molecule has 4 heteroatoms. The van der Waals surface area contributed by atoms with Gasteiger partial charge in [-0.25, -0.2) is 4.98 Å². The predicted octanol–water partition coefficient (Wildman–Crippen LogP) is 3.57. The van der Waals surface area contributed by atoms with Crippen molar-refractivity contribution in [2.24, 2.45) is 0 Å². The van der Waals surface area contributed by atoms with Gasteiger partial charge in [0.15, 0.2) is 0 Å². The summed E-state index contributed by atoms with van der Waals surface area (Å²) in [5.41, 5.74) is 1.31. The maximum absolute atomic E-state index is 9.32. The van der Waals surface area contributed by atoms with Crippen LogP contribution in [0.1, 0.15) is 63.6 Å². The predicted molar refractivity (Wildman–Crippen MR) is 85.2 cm³/mol. The fourth-order valence-electron chi connectivity index (χ4n) is 2.87. The summed E-state index contributed by atoms with van der Waals surface area (Å²) in [7, 11) is 0. The van der Waals surface area contributed by atoms with Gasteiger partial charge in [0.2, 0.25) is 0 Å². The summed E-state index contributed by atoms with van der Waals surface area (Å²) in [5, 5.41) is 12.7. The van der Waals surface area contributed by atoms with Gasteiger partial charge in [-0.15, -0.1) is 11.3 Å². The van der Waals surface area contributed by atoms with Gasteiger partial charge >= 0.3 is 0 Å². The van der Waals surface area contributed by atoms with Gasteiger partial charge in [-0.05, 0) is 12.8 Å². The highest BCUT2D eigenvalue weighted by molar-refractivity contribution is 7.09. The summed E-state index contributed by atoms with van der Waals surface area (Å²) >= 11 is 1.76. The molecule has 1 saturated carbocycles. The third-order valence-electron chi connectivity index (χ3n) is 4.14. The van der Waals surface area contributed by atoms with Crippen molar-refractivity contribution in [3.8, 4) is 0 Å². The molecule has 3 nitrogen and oxygen atoms in total. The smallest absolute Gasteiger partial charge is 0.107 e. The van der Waals surface area contributed by atoms with E-state index in [1.165, 1.54) is 42.8 Å². The number of hydrogen-bond donors (Lipinski definition) is 1. The van der Waals surface area contributed by atoms with E-state index in [2.05, 4.69) is 31.1 Å². The lowest BCUT2D eigenvalue weighted by Crippen LogP contribution is -2.38. The summed E-state index contributed by atoms with van der Waals surface area (Å²) in [4.78, 5) is 7.23. The highest BCUT2D eigenvalue weighted by Gasteiger charge is 2.23.